The van der Waals surface area contributed by atoms with Gasteiger partial charge in [-0.1, -0.05) is 30.3 Å². The van der Waals surface area contributed by atoms with Crippen LogP contribution in [0.4, 0.5) is 4.79 Å². The normalized spacial score (nSPS) is 16.3. The van der Waals surface area contributed by atoms with Crippen molar-refractivity contribution >= 4 is 12.1 Å². The van der Waals surface area contributed by atoms with Crippen molar-refractivity contribution in [3.63, 3.8) is 0 Å². The lowest BCUT2D eigenvalue weighted by Gasteiger charge is -2.24. The fourth-order valence-electron chi connectivity index (χ4n) is 2.26. The van der Waals surface area contributed by atoms with Crippen molar-refractivity contribution in [3.8, 4) is 0 Å². The molecular formula is C20H24NO4. The molecule has 1 saturated carbocycles. The van der Waals surface area contributed by atoms with Crippen molar-refractivity contribution in [2.75, 3.05) is 0 Å². The monoisotopic (exact) mass is 342 g/mol. The summed E-state index contributed by atoms with van der Waals surface area (Å²) in [6.45, 7) is 5.47. The summed E-state index contributed by atoms with van der Waals surface area (Å²) in [4.78, 5) is 24.5. The summed E-state index contributed by atoms with van der Waals surface area (Å²) in [6, 6.07) is 8.60. The topological polar surface area (TPSA) is 64.6 Å². The fourth-order valence-corrected chi connectivity index (χ4v) is 2.26. The first-order valence-corrected chi connectivity index (χ1v) is 8.24. The van der Waals surface area contributed by atoms with Gasteiger partial charge in [-0.3, -0.25) is 0 Å². The quantitative estimate of drug-likeness (QED) is 0.805. The largest absolute Gasteiger partial charge is 0.459 e. The van der Waals surface area contributed by atoms with Gasteiger partial charge in [-0.15, -0.1) is 0 Å². The molecule has 0 heterocycles. The standard InChI is InChI=1S/C20H24NO4/c1-20(2,3)25-19(23)21-17(13-15-9-7-8-10-15)18(22)24-14-16-11-5-4-6-12-16/h4-12,17H,13-14H2,1-3H3,(H,21,23)/t17-/m0/s1. The molecule has 1 aromatic carbocycles. The maximum Gasteiger partial charge on any atom is 0.408 e. The molecule has 1 N–H and O–H groups in total. The molecule has 1 aliphatic rings. The van der Waals surface area contributed by atoms with Gasteiger partial charge in [-0.05, 0) is 64.4 Å². The first-order valence-electron chi connectivity index (χ1n) is 8.24. The SMILES string of the molecule is CC(C)(C)OC(=O)N[C@@H](C[C]1[CH][CH][CH][CH]1)C(=O)OCc1ccccc1. The fraction of sp³-hybridized carbons (Fsp3) is 0.350. The van der Waals surface area contributed by atoms with Crippen LogP contribution >= 0.6 is 0 Å². The van der Waals surface area contributed by atoms with E-state index in [2.05, 4.69) is 5.32 Å². The number of carbonyl (C=O) groups excluding carboxylic acids is 2. The predicted molar refractivity (Wildman–Crippen MR) is 94.5 cm³/mol. The van der Waals surface area contributed by atoms with Gasteiger partial charge >= 0.3 is 12.1 Å². The van der Waals surface area contributed by atoms with E-state index in [0.29, 0.717) is 6.42 Å². The summed E-state index contributed by atoms with van der Waals surface area (Å²) in [5.74, 6) is 0.452. The van der Waals surface area contributed by atoms with Crippen LogP contribution in [-0.4, -0.2) is 23.7 Å². The smallest absolute Gasteiger partial charge is 0.408 e. The number of nitrogens with one attached hydrogen (secondary N) is 1. The molecule has 0 unspecified atom stereocenters. The molecule has 5 radical (unpaired) electrons. The summed E-state index contributed by atoms with van der Waals surface area (Å²) in [7, 11) is 0. The zero-order valence-electron chi connectivity index (χ0n) is 14.8. The molecule has 25 heavy (non-hydrogen) atoms. The van der Waals surface area contributed by atoms with Crippen LogP contribution in [0.2, 0.25) is 0 Å². The molecule has 0 bridgehead atoms. The van der Waals surface area contributed by atoms with Crippen molar-refractivity contribution in [1.82, 2.24) is 5.32 Å². The Morgan fingerprint density at radius 1 is 1.08 bits per heavy atom. The van der Waals surface area contributed by atoms with E-state index < -0.39 is 23.7 Å². The summed E-state index contributed by atoms with van der Waals surface area (Å²) < 4.78 is 10.6. The van der Waals surface area contributed by atoms with E-state index in [1.54, 1.807) is 20.8 Å². The summed E-state index contributed by atoms with van der Waals surface area (Å²) in [5, 5.41) is 2.61. The van der Waals surface area contributed by atoms with Crippen LogP contribution in [0.5, 0.6) is 0 Å². The minimum atomic E-state index is -0.805. The molecule has 5 heteroatoms. The van der Waals surface area contributed by atoms with Crippen molar-refractivity contribution in [3.05, 3.63) is 67.5 Å². The van der Waals surface area contributed by atoms with Gasteiger partial charge < -0.3 is 14.8 Å². The van der Waals surface area contributed by atoms with Gasteiger partial charge in [0.15, 0.2) is 0 Å². The Morgan fingerprint density at radius 2 is 1.72 bits per heavy atom. The number of esters is 1. The van der Waals surface area contributed by atoms with E-state index in [9.17, 15) is 9.59 Å². The van der Waals surface area contributed by atoms with Gasteiger partial charge in [0, 0.05) is 0 Å². The Kier molecular flexibility index (Phi) is 6.85. The zero-order valence-corrected chi connectivity index (χ0v) is 14.8. The third-order valence-electron chi connectivity index (χ3n) is 3.37. The van der Waals surface area contributed by atoms with E-state index >= 15 is 0 Å². The third-order valence-corrected chi connectivity index (χ3v) is 3.37. The lowest BCUT2D eigenvalue weighted by molar-refractivity contribution is -0.147. The summed E-state index contributed by atoms with van der Waals surface area (Å²) in [5.41, 5.74) is 0.253. The van der Waals surface area contributed by atoms with Crippen molar-refractivity contribution < 1.29 is 19.1 Å². The minimum absolute atomic E-state index is 0.160. The average Bonchev–Trinajstić information content (AvgIpc) is 3.04. The second-order valence-electron chi connectivity index (χ2n) is 6.79. The maximum absolute atomic E-state index is 12.5. The summed E-state index contributed by atoms with van der Waals surface area (Å²) in [6.07, 6.45) is 7.27. The highest BCUT2D eigenvalue weighted by molar-refractivity contribution is 5.82. The number of carbonyl (C=O) groups is 2. The third kappa shape index (κ3) is 7.16. The van der Waals surface area contributed by atoms with Gasteiger partial charge in [0.05, 0.1) is 0 Å². The highest BCUT2D eigenvalue weighted by atomic mass is 16.6. The Labute approximate surface area is 150 Å². The van der Waals surface area contributed by atoms with Gasteiger partial charge in [0.2, 0.25) is 0 Å². The van der Waals surface area contributed by atoms with Gasteiger partial charge in [-0.2, -0.15) is 0 Å². The molecule has 0 aliphatic heterocycles. The second-order valence-corrected chi connectivity index (χ2v) is 6.79. The van der Waals surface area contributed by atoms with Crippen LogP contribution in [0.15, 0.2) is 30.3 Å². The predicted octanol–water partition coefficient (Wildman–Crippen LogP) is 3.42. The number of hydrogen-bond donors (Lipinski definition) is 1. The molecule has 5 nitrogen and oxygen atoms in total. The van der Waals surface area contributed by atoms with Crippen LogP contribution in [-0.2, 0) is 20.9 Å². The lowest BCUT2D eigenvalue weighted by Crippen LogP contribution is -2.45. The Balaban J connectivity index is 1.94. The molecule has 0 spiro atoms. The number of rotatable bonds is 6. The molecule has 1 aromatic rings. The molecule has 0 aromatic heterocycles. The van der Waals surface area contributed by atoms with E-state index in [0.717, 1.165) is 11.5 Å². The highest BCUT2D eigenvalue weighted by Crippen LogP contribution is 2.27. The van der Waals surface area contributed by atoms with Crippen LogP contribution in [0.1, 0.15) is 32.8 Å². The minimum Gasteiger partial charge on any atom is -0.459 e. The second kappa shape index (κ2) is 8.88. The maximum atomic E-state index is 12.5. The summed E-state index contributed by atoms with van der Waals surface area (Å²) >= 11 is 0. The molecule has 0 saturated heterocycles. The van der Waals surface area contributed by atoms with E-state index in [4.69, 9.17) is 9.47 Å². The van der Waals surface area contributed by atoms with Crippen molar-refractivity contribution in [2.45, 2.75) is 45.4 Å². The van der Waals surface area contributed by atoms with Gasteiger partial charge in [0.1, 0.15) is 18.2 Å². The number of ether oxygens (including phenoxy) is 2. The van der Waals surface area contributed by atoms with Gasteiger partial charge in [-0.25, -0.2) is 9.59 Å². The first kappa shape index (κ1) is 19.3. The van der Waals surface area contributed by atoms with Crippen LogP contribution in [0, 0.1) is 31.6 Å². The number of amides is 1. The van der Waals surface area contributed by atoms with E-state index in [-0.39, 0.29) is 6.61 Å². The van der Waals surface area contributed by atoms with Crippen LogP contribution in [0.25, 0.3) is 0 Å². The molecule has 1 fully saturated rings. The van der Waals surface area contributed by atoms with E-state index in [1.807, 2.05) is 56.0 Å². The zero-order chi connectivity index (χ0) is 18.3. The molecule has 1 amide bonds. The lowest BCUT2D eigenvalue weighted by atomic mass is 9.98. The molecule has 133 valence electrons. The Bertz CT molecular complexity index is 559. The van der Waals surface area contributed by atoms with Crippen molar-refractivity contribution in [1.29, 1.82) is 0 Å². The number of alkyl carbamates (subject to hydrolysis) is 1. The molecular weight excluding hydrogens is 318 g/mol. The first-order chi connectivity index (χ1) is 11.8. The number of hydrogen-bond acceptors (Lipinski definition) is 4. The molecule has 1 aliphatic carbocycles. The van der Waals surface area contributed by atoms with Crippen molar-refractivity contribution in [2.24, 2.45) is 0 Å². The van der Waals surface area contributed by atoms with Crippen LogP contribution in [0.3, 0.4) is 0 Å². The van der Waals surface area contributed by atoms with Gasteiger partial charge in [0.25, 0.3) is 0 Å². The molecule has 2 rings (SSSR count). The van der Waals surface area contributed by atoms with E-state index in [1.165, 1.54) is 0 Å². The van der Waals surface area contributed by atoms with Crippen LogP contribution < -0.4 is 5.32 Å². The Hall–Kier alpha value is -2.04. The highest BCUT2D eigenvalue weighted by Gasteiger charge is 2.30. The molecule has 1 atom stereocenters. The number of benzene rings is 1. The average molecular weight is 342 g/mol. The Morgan fingerprint density at radius 3 is 2.32 bits per heavy atom.